The summed E-state index contributed by atoms with van der Waals surface area (Å²) >= 11 is 0. The smallest absolute Gasteiger partial charge is 0.466 e. The summed E-state index contributed by atoms with van der Waals surface area (Å²) < 4.78 is 40.5. The molecule has 0 aliphatic rings. The Morgan fingerprint density at radius 1 is 0.672 bits per heavy atom. The Morgan fingerprint density at radius 3 is 1.79 bits per heavy atom. The van der Waals surface area contributed by atoms with E-state index in [4.69, 9.17) is 22.9 Å². The van der Waals surface area contributed by atoms with Crippen LogP contribution in [0.25, 0.3) is 0 Å². The summed E-state index contributed by atoms with van der Waals surface area (Å²) in [5, 5.41) is 20.5. The van der Waals surface area contributed by atoms with Crippen LogP contribution in [0.1, 0.15) is 191 Å². The van der Waals surface area contributed by atoms with Gasteiger partial charge in [0.2, 0.25) is 0 Å². The Morgan fingerprint density at radius 2 is 1.20 bits per heavy atom. The van der Waals surface area contributed by atoms with E-state index in [9.17, 15) is 29.3 Å². The van der Waals surface area contributed by atoms with Crippen molar-refractivity contribution in [1.29, 1.82) is 0 Å². The van der Waals surface area contributed by atoms with Crippen LogP contribution in [0, 0.1) is 13.8 Å². The van der Waals surface area contributed by atoms with Gasteiger partial charge in [-0.3, -0.25) is 18.6 Å². The molecule has 0 spiro atoms. The molecular weight excluding hydrogens is 797 g/mol. The van der Waals surface area contributed by atoms with E-state index in [-0.39, 0.29) is 26.1 Å². The Labute approximate surface area is 370 Å². The highest BCUT2D eigenvalue weighted by molar-refractivity contribution is 7.47. The minimum absolute atomic E-state index is 0.00194. The first-order valence-electron chi connectivity index (χ1n) is 23.9. The Kier molecular flexibility index (Phi) is 32.1. The van der Waals surface area contributed by atoms with Crippen LogP contribution in [0.5, 0.6) is 0 Å². The molecule has 0 amide bonds. The third-order valence-corrected chi connectivity index (χ3v) is 12.2. The number of allylic oxidation sites excluding steroid dienone is 1. The molecule has 0 aliphatic heterocycles. The van der Waals surface area contributed by atoms with E-state index in [1.165, 1.54) is 61.8 Å². The van der Waals surface area contributed by atoms with E-state index in [1.54, 1.807) is 0 Å². The molecule has 1 heterocycles. The largest absolute Gasteiger partial charge is 0.472 e. The number of phosphoric acid groups is 1. The second-order valence-corrected chi connectivity index (χ2v) is 19.5. The number of aryl methyl sites for hydroxylation is 2. The van der Waals surface area contributed by atoms with E-state index in [1.807, 2.05) is 27.2 Å². The Balaban J connectivity index is 2.38. The highest BCUT2D eigenvalue weighted by atomic mass is 31.2. The summed E-state index contributed by atoms with van der Waals surface area (Å²) in [6, 6.07) is 0. The second kappa shape index (κ2) is 34.4. The van der Waals surface area contributed by atoms with E-state index in [0.29, 0.717) is 36.7 Å². The molecule has 0 radical (unpaired) electrons. The molecule has 0 saturated carbocycles. The topological polar surface area (TPSA) is 162 Å². The lowest BCUT2D eigenvalue weighted by molar-refractivity contribution is -0.870. The van der Waals surface area contributed by atoms with Gasteiger partial charge in [0.05, 0.1) is 40.0 Å². The van der Waals surface area contributed by atoms with Gasteiger partial charge < -0.3 is 33.5 Å². The standard InChI is InChI=1S/C48H88NO11P/c1-8-10-12-13-19-25-30-43(50)44(51)31-26-20-18-23-29-35-48(53)59-42(39-58-61(54,55)57-37-36-49(5,6)7)38-56-47(52)34-28-22-17-15-14-16-21-27-33-46-41(4)40(3)45(60-46)32-24-11-9-2/h19,25,42-44,50-51H,8-18,20-24,26-39H2,1-7H3/p+1/b25-19-/t42-,43+,44+/m1/s1. The quantitative estimate of drug-likeness (QED) is 0.0189. The maximum absolute atomic E-state index is 12.8. The van der Waals surface area contributed by atoms with E-state index >= 15 is 0 Å². The number of rotatable bonds is 40. The van der Waals surface area contributed by atoms with Crippen LogP contribution in [-0.4, -0.2) is 97.3 Å². The van der Waals surface area contributed by atoms with Crippen molar-refractivity contribution in [3.8, 4) is 0 Å². The summed E-state index contributed by atoms with van der Waals surface area (Å²) in [6.45, 7) is 8.49. The Hall–Kier alpha value is -2.05. The molecule has 4 atom stereocenters. The molecule has 1 rings (SSSR count). The normalized spacial score (nSPS) is 14.6. The number of ether oxygens (including phenoxy) is 2. The number of hydrogen-bond acceptors (Lipinski definition) is 10. The van der Waals surface area contributed by atoms with Gasteiger partial charge in [0, 0.05) is 25.7 Å². The van der Waals surface area contributed by atoms with Crippen molar-refractivity contribution in [3.63, 3.8) is 0 Å². The molecule has 1 unspecified atom stereocenters. The number of hydrogen-bond donors (Lipinski definition) is 3. The van der Waals surface area contributed by atoms with Gasteiger partial charge in [-0.15, -0.1) is 0 Å². The highest BCUT2D eigenvalue weighted by Gasteiger charge is 2.27. The molecule has 0 aromatic carbocycles. The third-order valence-electron chi connectivity index (χ3n) is 11.2. The molecule has 61 heavy (non-hydrogen) atoms. The predicted octanol–water partition coefficient (Wildman–Crippen LogP) is 11.0. The molecule has 0 aliphatic carbocycles. The lowest BCUT2D eigenvalue weighted by atomic mass is 10.0. The van der Waals surface area contributed by atoms with Crippen LogP contribution in [0.4, 0.5) is 0 Å². The molecule has 356 valence electrons. The maximum atomic E-state index is 12.8. The van der Waals surface area contributed by atoms with Crippen LogP contribution in [0.2, 0.25) is 0 Å². The number of esters is 2. The summed E-state index contributed by atoms with van der Waals surface area (Å²) in [5.41, 5.74) is 2.64. The van der Waals surface area contributed by atoms with Crippen molar-refractivity contribution in [2.75, 3.05) is 47.5 Å². The minimum atomic E-state index is -4.43. The summed E-state index contributed by atoms with van der Waals surface area (Å²) in [4.78, 5) is 35.6. The van der Waals surface area contributed by atoms with Gasteiger partial charge in [-0.2, -0.15) is 0 Å². The van der Waals surface area contributed by atoms with Crippen LogP contribution < -0.4 is 0 Å². The van der Waals surface area contributed by atoms with Crippen LogP contribution >= 0.6 is 7.82 Å². The van der Waals surface area contributed by atoms with E-state index in [0.717, 1.165) is 89.2 Å². The van der Waals surface area contributed by atoms with Crippen LogP contribution in [0.15, 0.2) is 16.6 Å². The number of phosphoric ester groups is 1. The fourth-order valence-electron chi connectivity index (χ4n) is 6.98. The number of carbonyl (C=O) groups is 2. The van der Waals surface area contributed by atoms with Crippen LogP contribution in [0.3, 0.4) is 0 Å². The number of aliphatic hydroxyl groups is 2. The molecule has 0 bridgehead atoms. The predicted molar refractivity (Wildman–Crippen MR) is 244 cm³/mol. The monoisotopic (exact) mass is 887 g/mol. The van der Waals surface area contributed by atoms with E-state index in [2.05, 4.69) is 33.8 Å². The molecule has 1 aromatic heterocycles. The molecular formula is C48H89NO11P+. The van der Waals surface area contributed by atoms with Gasteiger partial charge >= 0.3 is 19.8 Å². The molecule has 13 heteroatoms. The van der Waals surface area contributed by atoms with Gasteiger partial charge in [0.25, 0.3) is 0 Å². The molecule has 1 aromatic rings. The van der Waals surface area contributed by atoms with Gasteiger partial charge in [-0.05, 0) is 76.3 Å². The minimum Gasteiger partial charge on any atom is -0.466 e. The average Bonchev–Trinajstić information content (AvgIpc) is 3.47. The SMILES string of the molecule is CCCCC/C=C\C[C@H](O)[C@@H](O)CCCCCCCC(=O)O[C@H](COC(=O)CCCCCCCCCCc1oc(CCCCC)c(C)c1C)COP(=O)(O)OCC[N+](C)(C)C. The number of aliphatic hydroxyl groups excluding tert-OH is 2. The fraction of sp³-hybridized carbons (Fsp3) is 0.833. The highest BCUT2D eigenvalue weighted by Crippen LogP contribution is 2.43. The van der Waals surface area contributed by atoms with Gasteiger partial charge in [0.15, 0.2) is 6.10 Å². The summed E-state index contributed by atoms with van der Waals surface area (Å²) in [5.74, 6) is 1.40. The number of unbranched alkanes of at least 4 members (excludes halogenated alkanes) is 16. The molecule has 12 nitrogen and oxygen atoms in total. The third kappa shape index (κ3) is 30.6. The summed E-state index contributed by atoms with van der Waals surface area (Å²) in [7, 11) is 1.36. The van der Waals surface area contributed by atoms with Crippen molar-refractivity contribution in [2.24, 2.45) is 0 Å². The number of likely N-dealkylation sites (N-methyl/N-ethyl adjacent to an activating group) is 1. The molecule has 0 fully saturated rings. The first-order valence-corrected chi connectivity index (χ1v) is 25.4. The maximum Gasteiger partial charge on any atom is 0.472 e. The second-order valence-electron chi connectivity index (χ2n) is 18.0. The Bertz CT molecular complexity index is 1360. The van der Waals surface area contributed by atoms with Crippen molar-refractivity contribution in [1.82, 2.24) is 0 Å². The van der Waals surface area contributed by atoms with E-state index < -0.39 is 44.7 Å². The number of furan rings is 1. The summed E-state index contributed by atoms with van der Waals surface area (Å²) in [6.07, 6.45) is 25.3. The number of quaternary nitrogens is 1. The first-order chi connectivity index (χ1) is 29.1. The fourth-order valence-corrected chi connectivity index (χ4v) is 7.72. The van der Waals surface area contributed by atoms with Crippen molar-refractivity contribution in [3.05, 3.63) is 34.8 Å². The van der Waals surface area contributed by atoms with Crippen molar-refractivity contribution < 1.29 is 56.7 Å². The van der Waals surface area contributed by atoms with Crippen molar-refractivity contribution >= 4 is 19.8 Å². The average molecular weight is 887 g/mol. The van der Waals surface area contributed by atoms with Gasteiger partial charge in [-0.1, -0.05) is 116 Å². The zero-order chi connectivity index (χ0) is 45.4. The first kappa shape index (κ1) is 57.0. The lowest BCUT2D eigenvalue weighted by Gasteiger charge is -2.24. The lowest BCUT2D eigenvalue weighted by Crippen LogP contribution is -2.37. The van der Waals surface area contributed by atoms with Crippen molar-refractivity contribution in [2.45, 2.75) is 213 Å². The molecule has 0 saturated heterocycles. The van der Waals surface area contributed by atoms with Gasteiger partial charge in [-0.25, -0.2) is 4.57 Å². The zero-order valence-electron chi connectivity index (χ0n) is 39.6. The molecule has 3 N–H and O–H groups in total. The number of nitrogens with zero attached hydrogens (tertiary/aromatic N) is 1. The van der Waals surface area contributed by atoms with Crippen LogP contribution in [-0.2, 0) is 45.5 Å². The zero-order valence-corrected chi connectivity index (χ0v) is 40.5. The number of carbonyl (C=O) groups excluding carboxylic acids is 2. The van der Waals surface area contributed by atoms with Gasteiger partial charge in [0.1, 0.15) is 31.3 Å².